The molecular formula is C19H30N2O3. The van der Waals surface area contributed by atoms with E-state index in [2.05, 4.69) is 17.1 Å². The normalized spacial score (nSPS) is 24.8. The summed E-state index contributed by atoms with van der Waals surface area (Å²) in [5, 5.41) is 4.19. The molecule has 0 radical (unpaired) electrons. The monoisotopic (exact) mass is 334 g/mol. The van der Waals surface area contributed by atoms with Crippen LogP contribution < -0.4 is 9.47 Å². The average Bonchev–Trinajstić information content (AvgIpc) is 3.01. The Labute approximate surface area is 145 Å². The van der Waals surface area contributed by atoms with Crippen LogP contribution in [0, 0.1) is 5.92 Å². The van der Waals surface area contributed by atoms with Crippen molar-refractivity contribution in [2.75, 3.05) is 34.4 Å². The number of para-hydroxylation sites is 2. The van der Waals surface area contributed by atoms with E-state index in [1.807, 2.05) is 31.2 Å². The Balaban J connectivity index is 0.000000185. The number of ether oxygens (including phenoxy) is 2. The van der Waals surface area contributed by atoms with E-state index in [1.165, 1.54) is 25.1 Å². The summed E-state index contributed by atoms with van der Waals surface area (Å²) in [6, 6.07) is 8.27. The molecule has 0 N–H and O–H groups in total. The third-order valence-electron chi connectivity index (χ3n) is 4.82. The van der Waals surface area contributed by atoms with Crippen LogP contribution in [0.25, 0.3) is 0 Å². The van der Waals surface area contributed by atoms with E-state index in [-0.39, 0.29) is 0 Å². The molecule has 1 aliphatic heterocycles. The van der Waals surface area contributed by atoms with E-state index < -0.39 is 0 Å². The summed E-state index contributed by atoms with van der Waals surface area (Å²) < 4.78 is 10.0. The number of hydrogen-bond donors (Lipinski definition) is 0. The summed E-state index contributed by atoms with van der Waals surface area (Å²) in [4.78, 5) is 7.60. The zero-order valence-corrected chi connectivity index (χ0v) is 15.3. The van der Waals surface area contributed by atoms with Gasteiger partial charge in [0, 0.05) is 12.5 Å². The molecule has 24 heavy (non-hydrogen) atoms. The van der Waals surface area contributed by atoms with Crippen LogP contribution in [0.5, 0.6) is 11.5 Å². The quantitative estimate of drug-likeness (QED) is 0.789. The van der Waals surface area contributed by atoms with Crippen LogP contribution >= 0.6 is 0 Å². The van der Waals surface area contributed by atoms with Gasteiger partial charge in [0.25, 0.3) is 0 Å². The highest BCUT2D eigenvalue weighted by Crippen LogP contribution is 2.34. The van der Waals surface area contributed by atoms with Crippen molar-refractivity contribution in [3.63, 3.8) is 0 Å². The molecule has 3 rings (SSSR count). The predicted octanol–water partition coefficient (Wildman–Crippen LogP) is 3.59. The van der Waals surface area contributed by atoms with Crippen molar-refractivity contribution in [1.82, 2.24) is 4.90 Å². The van der Waals surface area contributed by atoms with E-state index in [4.69, 9.17) is 14.3 Å². The van der Waals surface area contributed by atoms with Gasteiger partial charge >= 0.3 is 0 Å². The Hall–Kier alpha value is -1.75. The maximum atomic E-state index is 5.13. The van der Waals surface area contributed by atoms with Crippen molar-refractivity contribution in [2.24, 2.45) is 11.1 Å². The minimum atomic E-state index is 0.688. The van der Waals surface area contributed by atoms with Gasteiger partial charge in [0.05, 0.1) is 19.9 Å². The zero-order valence-electron chi connectivity index (χ0n) is 15.3. The van der Waals surface area contributed by atoms with Crippen molar-refractivity contribution in [3.05, 3.63) is 24.3 Å². The predicted molar refractivity (Wildman–Crippen MR) is 97.0 cm³/mol. The number of oxime groups is 1. The maximum Gasteiger partial charge on any atom is 0.160 e. The van der Waals surface area contributed by atoms with Gasteiger partial charge in [-0.3, -0.25) is 0 Å². The molecule has 1 aliphatic carbocycles. The molecule has 1 aromatic rings. The molecule has 1 unspecified atom stereocenters. The molecule has 0 spiro atoms. The van der Waals surface area contributed by atoms with Gasteiger partial charge in [-0.1, -0.05) is 17.3 Å². The van der Waals surface area contributed by atoms with Crippen LogP contribution in [0.2, 0.25) is 0 Å². The Kier molecular flexibility index (Phi) is 7.37. The fourth-order valence-corrected chi connectivity index (χ4v) is 3.47. The van der Waals surface area contributed by atoms with Crippen molar-refractivity contribution in [1.29, 1.82) is 0 Å². The molecule has 0 aromatic heterocycles. The van der Waals surface area contributed by atoms with Gasteiger partial charge in [0.2, 0.25) is 0 Å². The fourth-order valence-electron chi connectivity index (χ4n) is 3.47. The van der Waals surface area contributed by atoms with Gasteiger partial charge in [-0.25, -0.2) is 0 Å². The summed E-state index contributed by atoms with van der Waals surface area (Å²) in [6.45, 7) is 3.93. The topological polar surface area (TPSA) is 43.3 Å². The van der Waals surface area contributed by atoms with Gasteiger partial charge in [-0.2, -0.15) is 0 Å². The van der Waals surface area contributed by atoms with Crippen LogP contribution in [-0.2, 0) is 4.84 Å². The third-order valence-corrected chi connectivity index (χ3v) is 4.82. The number of likely N-dealkylation sites (tertiary alicyclic amines) is 1. The lowest BCUT2D eigenvalue weighted by Gasteiger charge is -2.29. The zero-order chi connectivity index (χ0) is 17.4. The maximum absolute atomic E-state index is 5.13. The molecule has 1 aromatic carbocycles. The van der Waals surface area contributed by atoms with Gasteiger partial charge in [0.15, 0.2) is 11.5 Å². The molecule has 1 saturated heterocycles. The molecular weight excluding hydrogens is 304 g/mol. The number of rotatable bonds is 4. The molecule has 2 atom stereocenters. The fraction of sp³-hybridized carbons (Fsp3) is 0.632. The summed E-state index contributed by atoms with van der Waals surface area (Å²) in [7, 11) is 5.48. The Bertz CT molecular complexity index is 510. The molecule has 0 amide bonds. The average molecular weight is 334 g/mol. The van der Waals surface area contributed by atoms with E-state index >= 15 is 0 Å². The second kappa shape index (κ2) is 9.52. The molecule has 134 valence electrons. The number of nitrogens with zero attached hydrogens (tertiary/aromatic N) is 2. The van der Waals surface area contributed by atoms with Crippen LogP contribution in [0.3, 0.4) is 0 Å². The summed E-state index contributed by atoms with van der Waals surface area (Å²) in [5.74, 6) is 2.45. The van der Waals surface area contributed by atoms with E-state index in [1.54, 1.807) is 14.2 Å². The van der Waals surface area contributed by atoms with E-state index in [9.17, 15) is 0 Å². The number of fused-ring (bicyclic) bond motifs is 1. The third kappa shape index (κ3) is 4.87. The van der Waals surface area contributed by atoms with E-state index in [0.29, 0.717) is 6.61 Å². The molecule has 1 heterocycles. The van der Waals surface area contributed by atoms with Gasteiger partial charge in [0.1, 0.15) is 6.61 Å². The van der Waals surface area contributed by atoms with Gasteiger partial charge in [-0.05, 0) is 57.8 Å². The Morgan fingerprint density at radius 1 is 1.12 bits per heavy atom. The van der Waals surface area contributed by atoms with Crippen molar-refractivity contribution >= 4 is 5.71 Å². The Morgan fingerprint density at radius 3 is 2.38 bits per heavy atom. The van der Waals surface area contributed by atoms with Crippen molar-refractivity contribution < 1.29 is 14.3 Å². The van der Waals surface area contributed by atoms with Crippen LogP contribution in [0.15, 0.2) is 29.4 Å². The minimum Gasteiger partial charge on any atom is -0.493 e. The van der Waals surface area contributed by atoms with Crippen molar-refractivity contribution in [3.8, 4) is 11.5 Å². The SMILES string of the molecule is CCO/N=C1\CCC2CCN(C)[C@H]2C1.COc1ccccc1OC. The number of methoxy groups -OCH3 is 2. The lowest BCUT2D eigenvalue weighted by Crippen LogP contribution is -2.35. The first-order chi connectivity index (χ1) is 11.7. The van der Waals surface area contributed by atoms with Crippen molar-refractivity contribution in [2.45, 2.75) is 38.6 Å². The summed E-state index contributed by atoms with van der Waals surface area (Å²) in [6.07, 6.45) is 4.96. The van der Waals surface area contributed by atoms with Gasteiger partial charge < -0.3 is 19.2 Å². The highest BCUT2D eigenvalue weighted by molar-refractivity contribution is 5.85. The number of hydrogen-bond acceptors (Lipinski definition) is 5. The van der Waals surface area contributed by atoms with Crippen LogP contribution in [0.4, 0.5) is 0 Å². The molecule has 2 fully saturated rings. The minimum absolute atomic E-state index is 0.688. The highest BCUT2D eigenvalue weighted by atomic mass is 16.6. The lowest BCUT2D eigenvalue weighted by molar-refractivity contribution is 0.154. The molecule has 0 bridgehead atoms. The smallest absolute Gasteiger partial charge is 0.160 e. The first kappa shape index (κ1) is 18.6. The molecule has 5 nitrogen and oxygen atoms in total. The van der Waals surface area contributed by atoms with Crippen LogP contribution in [0.1, 0.15) is 32.6 Å². The summed E-state index contributed by atoms with van der Waals surface area (Å²) >= 11 is 0. The van der Waals surface area contributed by atoms with E-state index in [0.717, 1.165) is 36.3 Å². The molecule has 2 aliphatic rings. The Morgan fingerprint density at radius 2 is 1.79 bits per heavy atom. The molecule has 1 saturated carbocycles. The number of benzene rings is 1. The molecule has 5 heteroatoms. The highest BCUT2D eigenvalue weighted by Gasteiger charge is 2.35. The largest absolute Gasteiger partial charge is 0.493 e. The second-order valence-corrected chi connectivity index (χ2v) is 6.27. The standard InChI is InChI=1S/C11H20N2O.C8H10O2/c1-3-14-12-10-5-4-9-6-7-13(2)11(9)8-10;1-9-7-5-3-4-6-8(7)10-2/h9,11H,3-8H2,1-2H3;3-6H,1-2H3/b12-10+;/t9?,11-;/m0./s1. The first-order valence-corrected chi connectivity index (χ1v) is 8.74. The van der Waals surface area contributed by atoms with Gasteiger partial charge in [-0.15, -0.1) is 0 Å². The second-order valence-electron chi connectivity index (χ2n) is 6.27. The summed E-state index contributed by atoms with van der Waals surface area (Å²) in [5.41, 5.74) is 1.27. The van der Waals surface area contributed by atoms with Crippen LogP contribution in [-0.4, -0.2) is 51.1 Å². The lowest BCUT2D eigenvalue weighted by atomic mass is 9.84. The first-order valence-electron chi connectivity index (χ1n) is 8.74.